The van der Waals surface area contributed by atoms with Crippen LogP contribution in [0.5, 0.6) is 5.75 Å². The summed E-state index contributed by atoms with van der Waals surface area (Å²) in [4.78, 5) is 17.3. The number of rotatable bonds is 1. The third-order valence-electron chi connectivity index (χ3n) is 3.62. The van der Waals surface area contributed by atoms with E-state index in [9.17, 15) is 4.79 Å². The van der Waals surface area contributed by atoms with Gasteiger partial charge in [0, 0.05) is 21.7 Å². The Kier molecular flexibility index (Phi) is 2.65. The maximum atomic E-state index is 12.8. The Morgan fingerprint density at radius 3 is 2.76 bits per heavy atom. The summed E-state index contributed by atoms with van der Waals surface area (Å²) in [6.07, 6.45) is 1.78. The fourth-order valence-electron chi connectivity index (χ4n) is 2.59. The van der Waals surface area contributed by atoms with Gasteiger partial charge in [-0.25, -0.2) is 0 Å². The number of nitrogens with zero attached hydrogens (tertiary/aromatic N) is 1. The summed E-state index contributed by atoms with van der Waals surface area (Å²) < 4.78 is 7.16. The Morgan fingerprint density at radius 2 is 1.90 bits per heavy atom. The summed E-state index contributed by atoms with van der Waals surface area (Å²) in [6, 6.07) is 13.3. The number of benzene rings is 2. The molecule has 102 valence electrons. The summed E-state index contributed by atoms with van der Waals surface area (Å²) in [5.41, 5.74) is 0.864. The molecule has 4 rings (SSSR count). The molecule has 0 amide bonds. The minimum atomic E-state index is 0.0556. The van der Waals surface area contributed by atoms with Gasteiger partial charge in [-0.2, -0.15) is 0 Å². The van der Waals surface area contributed by atoms with Crippen LogP contribution in [0.2, 0.25) is 0 Å². The third kappa shape index (κ3) is 1.80. The van der Waals surface area contributed by atoms with Crippen molar-refractivity contribution in [3.05, 3.63) is 58.9 Å². The van der Waals surface area contributed by atoms with Crippen molar-refractivity contribution < 1.29 is 4.74 Å². The van der Waals surface area contributed by atoms with Crippen LogP contribution in [-0.4, -0.2) is 12.1 Å². The van der Waals surface area contributed by atoms with Crippen LogP contribution in [-0.2, 0) is 0 Å². The van der Waals surface area contributed by atoms with Gasteiger partial charge in [0.15, 0.2) is 5.43 Å². The molecule has 2 aromatic heterocycles. The summed E-state index contributed by atoms with van der Waals surface area (Å²) in [5, 5.41) is 2.33. The Bertz CT molecular complexity index is 1050. The second-order valence-corrected chi connectivity index (χ2v) is 5.89. The molecule has 0 N–H and O–H groups in total. The van der Waals surface area contributed by atoms with Gasteiger partial charge in [-0.05, 0) is 30.3 Å². The minimum Gasteiger partial charge on any atom is -0.497 e. The Balaban J connectivity index is 2.28. The van der Waals surface area contributed by atoms with E-state index in [1.165, 1.54) is 0 Å². The molecular formula is C17H11NO2S. The number of methoxy groups -OCH3 is 1. The van der Waals surface area contributed by atoms with Gasteiger partial charge in [0.25, 0.3) is 0 Å². The number of fused-ring (bicyclic) bond motifs is 4. The molecule has 0 fully saturated rings. The Labute approximate surface area is 124 Å². The van der Waals surface area contributed by atoms with E-state index in [1.54, 1.807) is 24.6 Å². The first-order chi connectivity index (χ1) is 10.3. The van der Waals surface area contributed by atoms with Crippen LogP contribution in [0, 0.1) is 0 Å². The van der Waals surface area contributed by atoms with Crippen molar-refractivity contribution in [3.8, 4) is 5.75 Å². The van der Waals surface area contributed by atoms with Gasteiger partial charge in [0.1, 0.15) is 5.75 Å². The number of pyridine rings is 1. The van der Waals surface area contributed by atoms with Gasteiger partial charge in [-0.1, -0.05) is 12.1 Å². The van der Waals surface area contributed by atoms with Gasteiger partial charge >= 0.3 is 0 Å². The predicted molar refractivity (Wildman–Crippen MR) is 87.5 cm³/mol. The molecule has 0 atom stereocenters. The molecule has 0 spiro atoms. The van der Waals surface area contributed by atoms with E-state index in [1.807, 2.05) is 42.5 Å². The normalized spacial score (nSPS) is 11.3. The topological polar surface area (TPSA) is 39.2 Å². The van der Waals surface area contributed by atoms with E-state index in [0.717, 1.165) is 36.8 Å². The van der Waals surface area contributed by atoms with E-state index in [4.69, 9.17) is 4.74 Å². The number of ether oxygens (including phenoxy) is 1. The molecule has 0 saturated heterocycles. The molecular weight excluding hydrogens is 282 g/mol. The van der Waals surface area contributed by atoms with Crippen LogP contribution < -0.4 is 10.2 Å². The highest BCUT2D eigenvalue weighted by Crippen LogP contribution is 2.30. The van der Waals surface area contributed by atoms with E-state index < -0.39 is 0 Å². The fourth-order valence-corrected chi connectivity index (χ4v) is 3.65. The maximum absolute atomic E-state index is 12.8. The molecule has 2 aromatic carbocycles. The molecule has 0 aliphatic rings. The van der Waals surface area contributed by atoms with E-state index >= 15 is 0 Å². The van der Waals surface area contributed by atoms with Gasteiger partial charge in [-0.3, -0.25) is 9.78 Å². The second-order valence-electron chi connectivity index (χ2n) is 4.81. The van der Waals surface area contributed by atoms with E-state index in [2.05, 4.69) is 4.98 Å². The van der Waals surface area contributed by atoms with E-state index in [0.29, 0.717) is 0 Å². The van der Waals surface area contributed by atoms with Crippen LogP contribution in [0.15, 0.2) is 53.5 Å². The molecule has 0 radical (unpaired) electrons. The van der Waals surface area contributed by atoms with Crippen LogP contribution in [0.4, 0.5) is 0 Å². The molecule has 4 aromatic rings. The van der Waals surface area contributed by atoms with Crippen molar-refractivity contribution in [2.45, 2.75) is 0 Å². The maximum Gasteiger partial charge on any atom is 0.196 e. The lowest BCUT2D eigenvalue weighted by Gasteiger charge is -2.06. The van der Waals surface area contributed by atoms with Crippen molar-refractivity contribution in [1.82, 2.24) is 4.98 Å². The first-order valence-corrected chi connectivity index (χ1v) is 7.38. The number of aromatic nitrogens is 1. The van der Waals surface area contributed by atoms with Gasteiger partial charge < -0.3 is 4.74 Å². The van der Waals surface area contributed by atoms with Gasteiger partial charge in [0.05, 0.1) is 22.7 Å². The molecule has 2 heterocycles. The highest BCUT2D eigenvalue weighted by molar-refractivity contribution is 7.24. The lowest BCUT2D eigenvalue weighted by Crippen LogP contribution is -2.02. The molecule has 21 heavy (non-hydrogen) atoms. The van der Waals surface area contributed by atoms with Crippen molar-refractivity contribution in [2.24, 2.45) is 0 Å². The molecule has 0 aliphatic heterocycles. The molecule has 0 unspecified atom stereocenters. The SMILES string of the molecule is COc1ccc2ncc3sc4ccccc4c(=O)c3c2c1. The monoisotopic (exact) mass is 293 g/mol. The second kappa shape index (κ2) is 4.53. The zero-order valence-electron chi connectivity index (χ0n) is 11.3. The first kappa shape index (κ1) is 12.3. The zero-order valence-corrected chi connectivity index (χ0v) is 12.1. The summed E-state index contributed by atoms with van der Waals surface area (Å²) >= 11 is 1.59. The van der Waals surface area contributed by atoms with Crippen molar-refractivity contribution in [2.75, 3.05) is 7.11 Å². The zero-order chi connectivity index (χ0) is 14.4. The Hall–Kier alpha value is -2.46. The fraction of sp³-hybridized carbons (Fsp3) is 0.0588. The molecule has 3 nitrogen and oxygen atoms in total. The number of hydrogen-bond acceptors (Lipinski definition) is 4. The quantitative estimate of drug-likeness (QED) is 0.394. The third-order valence-corrected chi connectivity index (χ3v) is 4.72. The lowest BCUT2D eigenvalue weighted by atomic mass is 10.1. The average Bonchev–Trinajstić information content (AvgIpc) is 2.54. The van der Waals surface area contributed by atoms with Gasteiger partial charge in [0.2, 0.25) is 0 Å². The van der Waals surface area contributed by atoms with Crippen molar-refractivity contribution >= 4 is 42.4 Å². The van der Waals surface area contributed by atoms with Crippen molar-refractivity contribution in [3.63, 3.8) is 0 Å². The van der Waals surface area contributed by atoms with E-state index in [-0.39, 0.29) is 5.43 Å². The summed E-state index contributed by atoms with van der Waals surface area (Å²) in [6.45, 7) is 0. The highest BCUT2D eigenvalue weighted by Gasteiger charge is 2.10. The minimum absolute atomic E-state index is 0.0556. The predicted octanol–water partition coefficient (Wildman–Crippen LogP) is 3.97. The van der Waals surface area contributed by atoms with Crippen LogP contribution in [0.1, 0.15) is 0 Å². The average molecular weight is 293 g/mol. The first-order valence-electron chi connectivity index (χ1n) is 6.56. The smallest absolute Gasteiger partial charge is 0.196 e. The largest absolute Gasteiger partial charge is 0.497 e. The lowest BCUT2D eigenvalue weighted by molar-refractivity contribution is 0.415. The van der Waals surface area contributed by atoms with Gasteiger partial charge in [-0.15, -0.1) is 11.3 Å². The summed E-state index contributed by atoms with van der Waals surface area (Å²) in [5.74, 6) is 0.731. The number of hydrogen-bond donors (Lipinski definition) is 0. The van der Waals surface area contributed by atoms with Crippen molar-refractivity contribution in [1.29, 1.82) is 0 Å². The molecule has 0 aliphatic carbocycles. The summed E-state index contributed by atoms with van der Waals surface area (Å²) in [7, 11) is 1.62. The van der Waals surface area contributed by atoms with Crippen LogP contribution in [0.3, 0.4) is 0 Å². The highest BCUT2D eigenvalue weighted by atomic mass is 32.1. The Morgan fingerprint density at radius 1 is 1.05 bits per heavy atom. The molecule has 4 heteroatoms. The molecule has 0 saturated carbocycles. The van der Waals surface area contributed by atoms with Crippen LogP contribution in [0.25, 0.3) is 31.1 Å². The standard InChI is InChI=1S/C17H11NO2S/c1-20-10-6-7-13-12(8-10)16-15(9-18-13)21-14-5-3-2-4-11(14)17(16)19/h2-9H,1H3. The van der Waals surface area contributed by atoms with Crippen LogP contribution >= 0.6 is 11.3 Å². The molecule has 0 bridgehead atoms.